The summed E-state index contributed by atoms with van der Waals surface area (Å²) in [7, 11) is 0. The molecule has 0 aliphatic heterocycles. The van der Waals surface area contributed by atoms with Crippen LogP contribution < -0.4 is 11.5 Å². The third-order valence-electron chi connectivity index (χ3n) is 1.97. The fraction of sp³-hybridized carbons (Fsp3) is 0.750. The van der Waals surface area contributed by atoms with Crippen molar-refractivity contribution in [2.45, 2.75) is 38.1 Å². The molecule has 0 aromatic rings. The Bertz CT molecular complexity index is 129. The smallest absolute Gasteiger partial charge is 0.00741 e. The average molecular weight is 140 g/mol. The van der Waals surface area contributed by atoms with Crippen molar-refractivity contribution < 1.29 is 0 Å². The van der Waals surface area contributed by atoms with E-state index in [1.807, 2.05) is 0 Å². The second kappa shape index (κ2) is 3.62. The largest absolute Gasteiger partial charge is 0.402 e. The molecular formula is C8H16N2. The molecule has 4 N–H and O–H groups in total. The van der Waals surface area contributed by atoms with Crippen molar-refractivity contribution in [2.24, 2.45) is 11.5 Å². The highest BCUT2D eigenvalue weighted by molar-refractivity contribution is 4.98. The van der Waals surface area contributed by atoms with Crippen LogP contribution in [0.3, 0.4) is 0 Å². The Hall–Kier alpha value is -0.500. The predicted molar refractivity (Wildman–Crippen MR) is 43.3 cm³/mol. The molecule has 2 heteroatoms. The molecule has 0 radical (unpaired) electrons. The molecule has 0 fully saturated rings. The van der Waals surface area contributed by atoms with Crippen LogP contribution in [0.2, 0.25) is 0 Å². The van der Waals surface area contributed by atoms with Crippen LogP contribution in [0.25, 0.3) is 0 Å². The van der Waals surface area contributed by atoms with Crippen molar-refractivity contribution in [3.63, 3.8) is 0 Å². The number of nitrogens with two attached hydrogens (primary N) is 2. The van der Waals surface area contributed by atoms with Crippen LogP contribution in [0.4, 0.5) is 0 Å². The third kappa shape index (κ3) is 2.40. The monoisotopic (exact) mass is 140 g/mol. The summed E-state index contributed by atoms with van der Waals surface area (Å²) in [5.74, 6) is 0. The van der Waals surface area contributed by atoms with Gasteiger partial charge in [-0.1, -0.05) is 12.5 Å². The summed E-state index contributed by atoms with van der Waals surface area (Å²) in [6.07, 6.45) is 7.69. The molecule has 0 saturated heterocycles. The van der Waals surface area contributed by atoms with E-state index < -0.39 is 0 Å². The molecule has 1 unspecified atom stereocenters. The van der Waals surface area contributed by atoms with Gasteiger partial charge in [-0.3, -0.25) is 0 Å². The van der Waals surface area contributed by atoms with Gasteiger partial charge in [0.15, 0.2) is 0 Å². The van der Waals surface area contributed by atoms with E-state index in [1.54, 1.807) is 0 Å². The Morgan fingerprint density at radius 2 is 2.20 bits per heavy atom. The molecule has 0 bridgehead atoms. The van der Waals surface area contributed by atoms with Gasteiger partial charge in [0.25, 0.3) is 0 Å². The van der Waals surface area contributed by atoms with Crippen LogP contribution in [0.15, 0.2) is 11.8 Å². The standard InChI is InChI=1S/C8H16N2/c9-7-3-1-2-4-8(10)6-5-7/h5,8H,1-4,6,9-10H2. The Balaban J connectivity index is 2.42. The van der Waals surface area contributed by atoms with Gasteiger partial charge in [0.2, 0.25) is 0 Å². The first-order chi connectivity index (χ1) is 4.79. The van der Waals surface area contributed by atoms with Gasteiger partial charge in [0.1, 0.15) is 0 Å². The molecular weight excluding hydrogens is 124 g/mol. The highest BCUT2D eigenvalue weighted by atomic mass is 14.6. The number of hydrogen-bond acceptors (Lipinski definition) is 2. The van der Waals surface area contributed by atoms with Crippen molar-refractivity contribution in [3.05, 3.63) is 11.8 Å². The first-order valence-corrected chi connectivity index (χ1v) is 3.99. The zero-order valence-corrected chi connectivity index (χ0v) is 6.34. The minimum absolute atomic E-state index is 0.346. The zero-order chi connectivity index (χ0) is 7.40. The summed E-state index contributed by atoms with van der Waals surface area (Å²) in [6.45, 7) is 0. The quantitative estimate of drug-likeness (QED) is 0.529. The number of rotatable bonds is 0. The van der Waals surface area contributed by atoms with Crippen molar-refractivity contribution in [2.75, 3.05) is 0 Å². The van der Waals surface area contributed by atoms with Crippen molar-refractivity contribution >= 4 is 0 Å². The third-order valence-corrected chi connectivity index (χ3v) is 1.97. The summed E-state index contributed by atoms with van der Waals surface area (Å²) < 4.78 is 0. The maximum atomic E-state index is 5.77. The van der Waals surface area contributed by atoms with E-state index in [4.69, 9.17) is 11.5 Å². The molecule has 0 spiro atoms. The summed E-state index contributed by atoms with van der Waals surface area (Å²) in [5, 5.41) is 0. The van der Waals surface area contributed by atoms with Crippen molar-refractivity contribution in [3.8, 4) is 0 Å². The van der Waals surface area contributed by atoms with E-state index in [2.05, 4.69) is 6.08 Å². The molecule has 0 aromatic carbocycles. The normalized spacial score (nSPS) is 28.5. The Labute approximate surface area is 62.3 Å². The summed E-state index contributed by atoms with van der Waals surface area (Å²) >= 11 is 0. The van der Waals surface area contributed by atoms with Gasteiger partial charge >= 0.3 is 0 Å². The molecule has 1 atom stereocenters. The lowest BCUT2D eigenvalue weighted by Crippen LogP contribution is -2.20. The molecule has 10 heavy (non-hydrogen) atoms. The van der Waals surface area contributed by atoms with E-state index in [1.165, 1.54) is 12.8 Å². The lowest BCUT2D eigenvalue weighted by molar-refractivity contribution is 0.551. The van der Waals surface area contributed by atoms with Gasteiger partial charge in [-0.2, -0.15) is 0 Å². The van der Waals surface area contributed by atoms with Crippen LogP contribution in [0.5, 0.6) is 0 Å². The van der Waals surface area contributed by atoms with Crippen molar-refractivity contribution in [1.29, 1.82) is 0 Å². The van der Waals surface area contributed by atoms with Crippen LogP contribution >= 0.6 is 0 Å². The molecule has 0 saturated carbocycles. The van der Waals surface area contributed by atoms with E-state index in [9.17, 15) is 0 Å². The predicted octanol–water partition coefficient (Wildman–Crippen LogP) is 1.12. The van der Waals surface area contributed by atoms with Gasteiger partial charge < -0.3 is 11.5 Å². The first-order valence-electron chi connectivity index (χ1n) is 3.99. The molecule has 0 aromatic heterocycles. The second-order valence-corrected chi connectivity index (χ2v) is 3.02. The Kier molecular flexibility index (Phi) is 2.75. The van der Waals surface area contributed by atoms with Crippen molar-refractivity contribution in [1.82, 2.24) is 0 Å². The van der Waals surface area contributed by atoms with Gasteiger partial charge in [-0.25, -0.2) is 0 Å². The maximum Gasteiger partial charge on any atom is 0.00741 e. The highest BCUT2D eigenvalue weighted by Crippen LogP contribution is 2.12. The molecule has 58 valence electrons. The van der Waals surface area contributed by atoms with Gasteiger partial charge in [-0.15, -0.1) is 0 Å². The van der Waals surface area contributed by atoms with E-state index in [-0.39, 0.29) is 0 Å². The molecule has 1 aliphatic carbocycles. The van der Waals surface area contributed by atoms with Crippen LogP contribution in [-0.4, -0.2) is 6.04 Å². The van der Waals surface area contributed by atoms with Gasteiger partial charge in [0.05, 0.1) is 0 Å². The summed E-state index contributed by atoms with van der Waals surface area (Å²) in [4.78, 5) is 0. The SMILES string of the molecule is NC1=CCC(N)CCCC1. The Morgan fingerprint density at radius 3 is 3.00 bits per heavy atom. The zero-order valence-electron chi connectivity index (χ0n) is 6.34. The first kappa shape index (κ1) is 7.61. The number of allylic oxidation sites excluding steroid dienone is 1. The fourth-order valence-electron chi connectivity index (χ4n) is 1.26. The highest BCUT2D eigenvalue weighted by Gasteiger charge is 2.04. The minimum atomic E-state index is 0.346. The van der Waals surface area contributed by atoms with E-state index in [0.29, 0.717) is 6.04 Å². The topological polar surface area (TPSA) is 52.0 Å². The van der Waals surface area contributed by atoms with Gasteiger partial charge in [-0.05, 0) is 25.7 Å². The molecule has 1 rings (SSSR count). The summed E-state index contributed by atoms with van der Waals surface area (Å²) in [6, 6.07) is 0.346. The van der Waals surface area contributed by atoms with E-state index in [0.717, 1.165) is 25.0 Å². The fourth-order valence-corrected chi connectivity index (χ4v) is 1.26. The minimum Gasteiger partial charge on any atom is -0.402 e. The van der Waals surface area contributed by atoms with Crippen LogP contribution in [0.1, 0.15) is 32.1 Å². The maximum absolute atomic E-state index is 5.77. The van der Waals surface area contributed by atoms with Crippen LogP contribution in [-0.2, 0) is 0 Å². The lowest BCUT2D eigenvalue weighted by atomic mass is 10.0. The second-order valence-electron chi connectivity index (χ2n) is 3.02. The summed E-state index contributed by atoms with van der Waals surface area (Å²) in [5.41, 5.74) is 12.5. The van der Waals surface area contributed by atoms with Crippen LogP contribution in [0, 0.1) is 0 Å². The molecule has 0 heterocycles. The van der Waals surface area contributed by atoms with E-state index >= 15 is 0 Å². The lowest BCUT2D eigenvalue weighted by Gasteiger charge is -2.12. The molecule has 0 amide bonds. The average Bonchev–Trinajstić information content (AvgIpc) is 1.90. The molecule has 2 nitrogen and oxygen atoms in total. The van der Waals surface area contributed by atoms with Gasteiger partial charge in [0, 0.05) is 11.7 Å². The Morgan fingerprint density at radius 1 is 1.40 bits per heavy atom. The molecule has 1 aliphatic rings. The number of hydrogen-bond donors (Lipinski definition) is 2.